The monoisotopic (exact) mass is 378 g/mol. The van der Waals surface area contributed by atoms with Crippen LogP contribution in [0.15, 0.2) is 22.7 Å². The van der Waals surface area contributed by atoms with Crippen molar-refractivity contribution in [2.24, 2.45) is 0 Å². The molecular formula is C18H23BrN2O2. The van der Waals surface area contributed by atoms with Gasteiger partial charge in [0.15, 0.2) is 0 Å². The minimum atomic E-state index is 0.0426. The van der Waals surface area contributed by atoms with Gasteiger partial charge in [0.2, 0.25) is 11.8 Å². The fourth-order valence-corrected chi connectivity index (χ4v) is 4.03. The molecule has 2 aliphatic rings. The molecule has 1 aromatic carbocycles. The molecule has 5 heteroatoms. The number of halogens is 1. The van der Waals surface area contributed by atoms with Gasteiger partial charge in [-0.1, -0.05) is 35.2 Å². The van der Waals surface area contributed by atoms with Gasteiger partial charge in [0.1, 0.15) is 6.54 Å². The van der Waals surface area contributed by atoms with Gasteiger partial charge < -0.3 is 9.80 Å². The zero-order chi connectivity index (χ0) is 16.4. The maximum atomic E-state index is 12.7. The lowest BCUT2D eigenvalue weighted by Gasteiger charge is -2.34. The second-order valence-corrected chi connectivity index (χ2v) is 7.47. The van der Waals surface area contributed by atoms with Crippen molar-refractivity contribution in [1.82, 2.24) is 4.90 Å². The average molecular weight is 379 g/mol. The molecule has 23 heavy (non-hydrogen) atoms. The van der Waals surface area contributed by atoms with Gasteiger partial charge in [0.05, 0.1) is 0 Å². The van der Waals surface area contributed by atoms with Crippen LogP contribution in [0.2, 0.25) is 0 Å². The van der Waals surface area contributed by atoms with E-state index in [-0.39, 0.29) is 18.4 Å². The number of anilines is 1. The summed E-state index contributed by atoms with van der Waals surface area (Å²) >= 11 is 3.47. The van der Waals surface area contributed by atoms with E-state index < -0.39 is 0 Å². The van der Waals surface area contributed by atoms with Gasteiger partial charge >= 0.3 is 0 Å². The zero-order valence-electron chi connectivity index (χ0n) is 13.6. The van der Waals surface area contributed by atoms with Crippen molar-refractivity contribution in [1.29, 1.82) is 0 Å². The van der Waals surface area contributed by atoms with E-state index in [4.69, 9.17) is 0 Å². The molecule has 4 nitrogen and oxygen atoms in total. The number of carbonyl (C=O) groups is 2. The number of carbonyl (C=O) groups excluding carboxylic acids is 2. The first-order valence-electron chi connectivity index (χ1n) is 8.40. The minimum Gasteiger partial charge on any atom is -0.341 e. The summed E-state index contributed by atoms with van der Waals surface area (Å²) in [7, 11) is 1.88. The van der Waals surface area contributed by atoms with E-state index in [0.717, 1.165) is 35.0 Å². The summed E-state index contributed by atoms with van der Waals surface area (Å²) in [4.78, 5) is 28.5. The molecule has 1 aliphatic heterocycles. The molecule has 1 aliphatic carbocycles. The molecule has 0 N–H and O–H groups in total. The Morgan fingerprint density at radius 1 is 1.26 bits per heavy atom. The molecule has 1 fully saturated rings. The number of aryl methyl sites for hydroxylation is 1. The number of likely N-dealkylation sites (N-methyl/N-ethyl adjacent to an activating group) is 1. The lowest BCUT2D eigenvalue weighted by molar-refractivity contribution is -0.132. The topological polar surface area (TPSA) is 40.6 Å². The summed E-state index contributed by atoms with van der Waals surface area (Å²) in [6, 6.07) is 6.24. The summed E-state index contributed by atoms with van der Waals surface area (Å²) < 4.78 is 1.01. The molecule has 124 valence electrons. The van der Waals surface area contributed by atoms with Crippen molar-refractivity contribution in [3.05, 3.63) is 28.2 Å². The van der Waals surface area contributed by atoms with Crippen molar-refractivity contribution in [3.63, 3.8) is 0 Å². The Morgan fingerprint density at radius 2 is 2.00 bits per heavy atom. The normalized spacial score (nSPS) is 18.7. The van der Waals surface area contributed by atoms with Crippen molar-refractivity contribution < 1.29 is 9.59 Å². The molecule has 2 amide bonds. The fraction of sp³-hybridized carbons (Fsp3) is 0.556. The summed E-state index contributed by atoms with van der Waals surface area (Å²) in [5, 5.41) is 0. The average Bonchev–Trinajstić information content (AvgIpc) is 2.57. The molecule has 0 unspecified atom stereocenters. The molecule has 3 rings (SSSR count). The number of amides is 2. The molecule has 0 saturated heterocycles. The first-order chi connectivity index (χ1) is 11.1. The van der Waals surface area contributed by atoms with Gasteiger partial charge in [0.25, 0.3) is 0 Å². The van der Waals surface area contributed by atoms with Crippen molar-refractivity contribution in [2.75, 3.05) is 18.5 Å². The summed E-state index contributed by atoms with van der Waals surface area (Å²) in [5.41, 5.74) is 2.02. The molecule has 1 aromatic rings. The highest BCUT2D eigenvalue weighted by atomic mass is 79.9. The Hall–Kier alpha value is -1.36. The number of benzene rings is 1. The van der Waals surface area contributed by atoms with Gasteiger partial charge in [-0.25, -0.2) is 0 Å². The molecular weight excluding hydrogens is 356 g/mol. The number of rotatable bonds is 3. The quantitative estimate of drug-likeness (QED) is 0.806. The smallest absolute Gasteiger partial charge is 0.242 e. The number of hydrogen-bond acceptors (Lipinski definition) is 2. The highest BCUT2D eigenvalue weighted by Crippen LogP contribution is 2.30. The lowest BCUT2D eigenvalue weighted by atomic mass is 9.94. The first-order valence-corrected chi connectivity index (χ1v) is 9.20. The van der Waals surface area contributed by atoms with Crippen LogP contribution in [0.5, 0.6) is 0 Å². The van der Waals surface area contributed by atoms with Crippen LogP contribution >= 0.6 is 15.9 Å². The number of nitrogens with zero attached hydrogens (tertiary/aromatic N) is 2. The Balaban J connectivity index is 1.74. The predicted octanol–water partition coefficient (Wildman–Crippen LogP) is 3.52. The maximum absolute atomic E-state index is 12.7. The van der Waals surface area contributed by atoms with Gasteiger partial charge in [-0.05, 0) is 43.0 Å². The first kappa shape index (κ1) is 16.5. The van der Waals surface area contributed by atoms with Gasteiger partial charge in [-0.3, -0.25) is 9.59 Å². The van der Waals surface area contributed by atoms with Crippen LogP contribution in [0.4, 0.5) is 5.69 Å². The molecule has 1 heterocycles. The summed E-state index contributed by atoms with van der Waals surface area (Å²) in [6.07, 6.45) is 7.05. The van der Waals surface area contributed by atoms with Crippen molar-refractivity contribution in [2.45, 2.75) is 51.0 Å². The summed E-state index contributed by atoms with van der Waals surface area (Å²) in [6.45, 7) is 0.153. The third-order valence-corrected chi connectivity index (χ3v) is 5.54. The highest BCUT2D eigenvalue weighted by Gasteiger charge is 2.29. The maximum Gasteiger partial charge on any atom is 0.242 e. The Labute approximate surface area is 146 Å². The van der Waals surface area contributed by atoms with Gasteiger partial charge in [-0.2, -0.15) is 0 Å². The van der Waals surface area contributed by atoms with E-state index in [0.29, 0.717) is 12.5 Å². The third kappa shape index (κ3) is 3.60. The van der Waals surface area contributed by atoms with Crippen LogP contribution < -0.4 is 4.90 Å². The van der Waals surface area contributed by atoms with E-state index in [9.17, 15) is 9.59 Å². The standard InChI is InChI=1S/C18H23BrN2O2/c1-20(15-5-3-2-4-6-15)18(23)12-21-16-9-8-14(19)11-13(16)7-10-17(21)22/h8-9,11,15H,2-7,10,12H2,1H3. The van der Waals surface area contributed by atoms with Crippen LogP contribution in [0.3, 0.4) is 0 Å². The Morgan fingerprint density at radius 3 is 2.74 bits per heavy atom. The largest absolute Gasteiger partial charge is 0.341 e. The third-order valence-electron chi connectivity index (χ3n) is 5.05. The SMILES string of the molecule is CN(C(=O)CN1C(=O)CCc2cc(Br)ccc21)C1CCCCC1. The van der Waals surface area contributed by atoms with Crippen LogP contribution in [0.25, 0.3) is 0 Å². The lowest BCUT2D eigenvalue weighted by Crippen LogP contribution is -2.47. The zero-order valence-corrected chi connectivity index (χ0v) is 15.1. The molecule has 0 aromatic heterocycles. The molecule has 0 spiro atoms. The van der Waals surface area contributed by atoms with Gasteiger partial charge in [0, 0.05) is 29.7 Å². The highest BCUT2D eigenvalue weighted by molar-refractivity contribution is 9.10. The molecule has 1 saturated carbocycles. The number of fused-ring (bicyclic) bond motifs is 1. The second-order valence-electron chi connectivity index (χ2n) is 6.55. The Bertz CT molecular complexity index is 611. The van der Waals surface area contributed by atoms with E-state index >= 15 is 0 Å². The molecule has 0 radical (unpaired) electrons. The van der Waals surface area contributed by atoms with Crippen LogP contribution in [-0.4, -0.2) is 36.3 Å². The number of hydrogen-bond donors (Lipinski definition) is 0. The second kappa shape index (κ2) is 7.04. The van der Waals surface area contributed by atoms with Crippen LogP contribution in [-0.2, 0) is 16.0 Å². The molecule has 0 atom stereocenters. The van der Waals surface area contributed by atoms with Crippen LogP contribution in [0, 0.1) is 0 Å². The van der Waals surface area contributed by atoms with Crippen LogP contribution in [0.1, 0.15) is 44.1 Å². The van der Waals surface area contributed by atoms with Crippen molar-refractivity contribution >= 4 is 33.4 Å². The van der Waals surface area contributed by atoms with Gasteiger partial charge in [-0.15, -0.1) is 0 Å². The Kier molecular flexibility index (Phi) is 5.05. The van der Waals surface area contributed by atoms with Crippen molar-refractivity contribution in [3.8, 4) is 0 Å². The molecule has 0 bridgehead atoms. The van der Waals surface area contributed by atoms with E-state index in [1.807, 2.05) is 30.1 Å². The predicted molar refractivity (Wildman–Crippen MR) is 94.5 cm³/mol. The summed E-state index contributed by atoms with van der Waals surface area (Å²) in [5.74, 6) is 0.0891. The van der Waals surface area contributed by atoms with E-state index in [2.05, 4.69) is 15.9 Å². The minimum absolute atomic E-state index is 0.0426. The van der Waals surface area contributed by atoms with E-state index in [1.165, 1.54) is 19.3 Å². The van der Waals surface area contributed by atoms with E-state index in [1.54, 1.807) is 4.90 Å². The fourth-order valence-electron chi connectivity index (χ4n) is 3.62.